The third-order valence-corrected chi connectivity index (χ3v) is 3.40. The Morgan fingerprint density at radius 1 is 1.44 bits per heavy atom. The molecular weight excluding hydrogens is 205 g/mol. The summed E-state index contributed by atoms with van der Waals surface area (Å²) in [4.78, 5) is 0. The Morgan fingerprint density at radius 3 is 2.88 bits per heavy atom. The third kappa shape index (κ3) is 2.25. The fourth-order valence-electron chi connectivity index (χ4n) is 2.34. The molecule has 88 valence electrons. The molecule has 2 atom stereocenters. The van der Waals surface area contributed by atoms with E-state index in [9.17, 15) is 9.50 Å². The molecule has 1 fully saturated rings. The minimum Gasteiger partial charge on any atom is -0.384 e. The molecule has 0 saturated carbocycles. The molecule has 1 aromatic rings. The maximum absolute atomic E-state index is 13.1. The van der Waals surface area contributed by atoms with Gasteiger partial charge in [0.1, 0.15) is 11.4 Å². The molecule has 0 aliphatic carbocycles. The van der Waals surface area contributed by atoms with E-state index in [1.54, 1.807) is 19.1 Å². The first-order valence-corrected chi connectivity index (χ1v) is 5.82. The number of hydrogen-bond acceptors (Lipinski definition) is 2. The number of aliphatic hydroxyl groups is 1. The van der Waals surface area contributed by atoms with Gasteiger partial charge in [-0.2, -0.15) is 0 Å². The average Bonchev–Trinajstić information content (AvgIpc) is 2.30. The molecule has 1 saturated heterocycles. The Hall–Kier alpha value is -0.930. The molecule has 0 aromatic heterocycles. The molecule has 2 unspecified atom stereocenters. The molecule has 1 aliphatic heterocycles. The topological polar surface area (TPSA) is 32.3 Å². The van der Waals surface area contributed by atoms with Crippen LogP contribution in [0.25, 0.3) is 0 Å². The zero-order valence-corrected chi connectivity index (χ0v) is 9.54. The number of benzene rings is 1. The van der Waals surface area contributed by atoms with Gasteiger partial charge >= 0.3 is 0 Å². The van der Waals surface area contributed by atoms with Gasteiger partial charge < -0.3 is 10.4 Å². The van der Waals surface area contributed by atoms with Gasteiger partial charge in [0, 0.05) is 6.04 Å². The van der Waals surface area contributed by atoms with Crippen LogP contribution in [0.5, 0.6) is 0 Å². The van der Waals surface area contributed by atoms with Crippen LogP contribution in [0.4, 0.5) is 4.39 Å². The monoisotopic (exact) mass is 223 g/mol. The van der Waals surface area contributed by atoms with Crippen LogP contribution in [0.15, 0.2) is 24.3 Å². The van der Waals surface area contributed by atoms with E-state index in [0.29, 0.717) is 5.56 Å². The molecule has 0 amide bonds. The van der Waals surface area contributed by atoms with E-state index < -0.39 is 5.60 Å². The molecule has 0 spiro atoms. The highest BCUT2D eigenvalue weighted by molar-refractivity contribution is 5.24. The summed E-state index contributed by atoms with van der Waals surface area (Å²) in [6, 6.07) is 6.24. The molecule has 0 radical (unpaired) electrons. The molecule has 0 bridgehead atoms. The molecule has 1 aliphatic rings. The fraction of sp³-hybridized carbons (Fsp3) is 0.538. The van der Waals surface area contributed by atoms with Gasteiger partial charge in [0.05, 0.1) is 0 Å². The van der Waals surface area contributed by atoms with Crippen molar-refractivity contribution >= 4 is 0 Å². The van der Waals surface area contributed by atoms with Crippen LogP contribution in [-0.4, -0.2) is 17.7 Å². The Labute approximate surface area is 95.5 Å². The molecular formula is C13H18FNO. The van der Waals surface area contributed by atoms with Crippen LogP contribution in [-0.2, 0) is 5.60 Å². The summed E-state index contributed by atoms with van der Waals surface area (Å²) in [6.07, 6.45) is 3.20. The van der Waals surface area contributed by atoms with Crippen molar-refractivity contribution in [3.8, 4) is 0 Å². The summed E-state index contributed by atoms with van der Waals surface area (Å²) in [5, 5.41) is 13.8. The predicted octanol–water partition coefficient (Wildman–Crippen LogP) is 2.18. The molecule has 1 aromatic carbocycles. The van der Waals surface area contributed by atoms with Crippen LogP contribution >= 0.6 is 0 Å². The quantitative estimate of drug-likeness (QED) is 0.805. The van der Waals surface area contributed by atoms with E-state index in [0.717, 1.165) is 25.8 Å². The van der Waals surface area contributed by atoms with Crippen molar-refractivity contribution in [1.82, 2.24) is 5.32 Å². The zero-order valence-electron chi connectivity index (χ0n) is 9.54. The molecule has 3 heteroatoms. The lowest BCUT2D eigenvalue weighted by Crippen LogP contribution is -2.49. The van der Waals surface area contributed by atoms with Crippen LogP contribution in [0, 0.1) is 5.82 Å². The van der Waals surface area contributed by atoms with E-state index in [2.05, 4.69) is 5.32 Å². The summed E-state index contributed by atoms with van der Waals surface area (Å²) in [5.74, 6) is -0.298. The highest BCUT2D eigenvalue weighted by atomic mass is 19.1. The van der Waals surface area contributed by atoms with Gasteiger partial charge in [-0.1, -0.05) is 18.6 Å². The minimum absolute atomic E-state index is 0.0167. The Bertz CT molecular complexity index is 359. The zero-order chi connectivity index (χ0) is 11.6. The smallest absolute Gasteiger partial charge is 0.123 e. The molecule has 1 heterocycles. The SMILES string of the molecule is CC(O)(c1cccc(F)c1)C1CCCCN1. The predicted molar refractivity (Wildman–Crippen MR) is 61.6 cm³/mol. The summed E-state index contributed by atoms with van der Waals surface area (Å²) >= 11 is 0. The van der Waals surface area contributed by atoms with Crippen molar-refractivity contribution in [3.05, 3.63) is 35.6 Å². The number of nitrogens with one attached hydrogen (secondary N) is 1. The van der Waals surface area contributed by atoms with E-state index in [4.69, 9.17) is 0 Å². The standard InChI is InChI=1S/C13H18FNO/c1-13(16,12-7-2-3-8-15-12)10-5-4-6-11(14)9-10/h4-6,9,12,15-16H,2-3,7-8H2,1H3. The van der Waals surface area contributed by atoms with E-state index in [-0.39, 0.29) is 11.9 Å². The second-order valence-electron chi connectivity index (χ2n) is 4.66. The normalized spacial score (nSPS) is 25.1. The lowest BCUT2D eigenvalue weighted by molar-refractivity contribution is 0.00543. The number of halogens is 1. The van der Waals surface area contributed by atoms with Crippen molar-refractivity contribution in [2.45, 2.75) is 37.8 Å². The summed E-state index contributed by atoms with van der Waals surface area (Å²) in [6.45, 7) is 2.68. The van der Waals surface area contributed by atoms with Gasteiger partial charge in [-0.25, -0.2) is 4.39 Å². The van der Waals surface area contributed by atoms with Crippen molar-refractivity contribution in [1.29, 1.82) is 0 Å². The number of hydrogen-bond donors (Lipinski definition) is 2. The van der Waals surface area contributed by atoms with Gasteiger partial charge in [0.15, 0.2) is 0 Å². The van der Waals surface area contributed by atoms with E-state index >= 15 is 0 Å². The molecule has 2 N–H and O–H groups in total. The Morgan fingerprint density at radius 2 is 2.25 bits per heavy atom. The van der Waals surface area contributed by atoms with Gasteiger partial charge in [-0.15, -0.1) is 0 Å². The van der Waals surface area contributed by atoms with E-state index in [1.807, 2.05) is 0 Å². The lowest BCUT2D eigenvalue weighted by Gasteiger charge is -2.36. The first-order valence-electron chi connectivity index (χ1n) is 5.82. The molecule has 2 nitrogen and oxygen atoms in total. The second-order valence-corrected chi connectivity index (χ2v) is 4.66. The van der Waals surface area contributed by atoms with Gasteiger partial charge in [0.2, 0.25) is 0 Å². The van der Waals surface area contributed by atoms with Crippen molar-refractivity contribution < 1.29 is 9.50 Å². The average molecular weight is 223 g/mol. The van der Waals surface area contributed by atoms with Gasteiger partial charge in [-0.05, 0) is 44.0 Å². The van der Waals surface area contributed by atoms with Crippen LogP contribution in [0.3, 0.4) is 0 Å². The van der Waals surface area contributed by atoms with Crippen LogP contribution < -0.4 is 5.32 Å². The lowest BCUT2D eigenvalue weighted by atomic mass is 9.84. The van der Waals surface area contributed by atoms with E-state index in [1.165, 1.54) is 12.1 Å². The first-order chi connectivity index (χ1) is 7.60. The second kappa shape index (κ2) is 4.52. The third-order valence-electron chi connectivity index (χ3n) is 3.40. The minimum atomic E-state index is -0.998. The number of rotatable bonds is 2. The Kier molecular flexibility index (Phi) is 3.26. The highest BCUT2D eigenvalue weighted by Gasteiger charge is 2.34. The first kappa shape index (κ1) is 11.6. The largest absolute Gasteiger partial charge is 0.384 e. The van der Waals surface area contributed by atoms with Crippen molar-refractivity contribution in [3.63, 3.8) is 0 Å². The van der Waals surface area contributed by atoms with Crippen molar-refractivity contribution in [2.24, 2.45) is 0 Å². The summed E-state index contributed by atoms with van der Waals surface area (Å²) in [7, 11) is 0. The summed E-state index contributed by atoms with van der Waals surface area (Å²) < 4.78 is 13.1. The van der Waals surface area contributed by atoms with Crippen LogP contribution in [0.1, 0.15) is 31.7 Å². The van der Waals surface area contributed by atoms with Gasteiger partial charge in [0.25, 0.3) is 0 Å². The molecule has 2 rings (SSSR count). The Balaban J connectivity index is 2.22. The van der Waals surface area contributed by atoms with Gasteiger partial charge in [-0.3, -0.25) is 0 Å². The molecule has 16 heavy (non-hydrogen) atoms. The number of piperidine rings is 1. The maximum Gasteiger partial charge on any atom is 0.123 e. The fourth-order valence-corrected chi connectivity index (χ4v) is 2.34. The summed E-state index contributed by atoms with van der Waals surface area (Å²) in [5.41, 5.74) is -0.352. The van der Waals surface area contributed by atoms with Crippen LogP contribution in [0.2, 0.25) is 0 Å². The maximum atomic E-state index is 13.1. The van der Waals surface area contributed by atoms with Crippen molar-refractivity contribution in [2.75, 3.05) is 6.54 Å². The highest BCUT2D eigenvalue weighted by Crippen LogP contribution is 2.29.